The topological polar surface area (TPSA) is 49.4 Å². The zero-order valence-corrected chi connectivity index (χ0v) is 20.4. The monoisotopic (exact) mass is 490 g/mol. The predicted molar refractivity (Wildman–Crippen MR) is 129 cm³/mol. The van der Waals surface area contributed by atoms with E-state index in [1.807, 2.05) is 31.2 Å². The minimum Gasteiger partial charge on any atom is -0.354 e. The molecular formula is C24H31BrN2O2S. The van der Waals surface area contributed by atoms with E-state index in [-0.39, 0.29) is 11.8 Å². The number of nitrogens with one attached hydrogen (secondary N) is 1. The number of unbranched alkanes of at least 4 members (excludes halogenated alkanes) is 1. The lowest BCUT2D eigenvalue weighted by Crippen LogP contribution is -2.47. The number of carbonyl (C=O) groups excluding carboxylic acids is 2. The fraction of sp³-hybridized carbons (Fsp3) is 0.417. The Morgan fingerprint density at radius 1 is 1.10 bits per heavy atom. The molecule has 2 aromatic rings. The Labute approximate surface area is 192 Å². The average molecular weight is 491 g/mol. The summed E-state index contributed by atoms with van der Waals surface area (Å²) in [6.07, 6.45) is 2.35. The van der Waals surface area contributed by atoms with Crippen molar-refractivity contribution in [3.05, 3.63) is 64.1 Å². The Morgan fingerprint density at radius 3 is 2.40 bits per heavy atom. The summed E-state index contributed by atoms with van der Waals surface area (Å²) in [4.78, 5) is 28.5. The van der Waals surface area contributed by atoms with Crippen LogP contribution in [0.1, 0.15) is 44.2 Å². The number of rotatable bonds is 11. The van der Waals surface area contributed by atoms with Gasteiger partial charge in [-0.3, -0.25) is 9.59 Å². The molecule has 1 unspecified atom stereocenters. The van der Waals surface area contributed by atoms with Gasteiger partial charge in [0.15, 0.2) is 0 Å². The largest absolute Gasteiger partial charge is 0.354 e. The lowest BCUT2D eigenvalue weighted by molar-refractivity contribution is -0.140. The highest BCUT2D eigenvalue weighted by Crippen LogP contribution is 2.21. The van der Waals surface area contributed by atoms with Crippen molar-refractivity contribution in [3.63, 3.8) is 0 Å². The van der Waals surface area contributed by atoms with Gasteiger partial charge in [-0.2, -0.15) is 0 Å². The van der Waals surface area contributed by atoms with Gasteiger partial charge in [-0.1, -0.05) is 59.1 Å². The number of aryl methyl sites for hydroxylation is 1. The predicted octanol–water partition coefficient (Wildman–Crippen LogP) is 5.57. The molecule has 30 heavy (non-hydrogen) atoms. The lowest BCUT2D eigenvalue weighted by Gasteiger charge is -2.29. The first-order chi connectivity index (χ1) is 14.4. The van der Waals surface area contributed by atoms with Crippen molar-refractivity contribution in [2.45, 2.75) is 57.5 Å². The van der Waals surface area contributed by atoms with Crippen molar-refractivity contribution in [2.75, 3.05) is 12.3 Å². The Balaban J connectivity index is 2.02. The molecule has 0 fully saturated rings. The standard InChI is InChI=1S/C24H31BrN2O2S/c1-4-5-15-26-24(29)19(3)27(17-20-8-10-21(25)11-9-20)23(28)14-16-30-22-12-6-18(2)7-13-22/h6-13,19H,4-5,14-17H2,1-3H3,(H,26,29). The van der Waals surface area contributed by atoms with Gasteiger partial charge in [-0.25, -0.2) is 0 Å². The van der Waals surface area contributed by atoms with Gasteiger partial charge in [0.05, 0.1) is 0 Å². The molecule has 0 aliphatic heterocycles. The average Bonchev–Trinajstić information content (AvgIpc) is 2.74. The van der Waals surface area contributed by atoms with Crippen LogP contribution in [0.5, 0.6) is 0 Å². The van der Waals surface area contributed by atoms with E-state index >= 15 is 0 Å². The first-order valence-electron chi connectivity index (χ1n) is 10.4. The summed E-state index contributed by atoms with van der Waals surface area (Å²) in [5, 5.41) is 2.96. The SMILES string of the molecule is CCCCNC(=O)C(C)N(Cc1ccc(Br)cc1)C(=O)CCSc1ccc(C)cc1. The molecule has 0 spiro atoms. The van der Waals surface area contributed by atoms with Crippen molar-refractivity contribution < 1.29 is 9.59 Å². The Hall–Kier alpha value is -1.79. The third-order valence-corrected chi connectivity index (χ3v) is 6.41. The van der Waals surface area contributed by atoms with Gasteiger partial charge in [0.25, 0.3) is 0 Å². The van der Waals surface area contributed by atoms with E-state index in [1.165, 1.54) is 5.56 Å². The highest BCUT2D eigenvalue weighted by molar-refractivity contribution is 9.10. The number of benzene rings is 2. The highest BCUT2D eigenvalue weighted by atomic mass is 79.9. The minimum atomic E-state index is -0.512. The van der Waals surface area contributed by atoms with E-state index in [0.29, 0.717) is 25.3 Å². The quantitative estimate of drug-likeness (QED) is 0.330. The summed E-state index contributed by atoms with van der Waals surface area (Å²) in [6, 6.07) is 15.7. The number of amides is 2. The van der Waals surface area contributed by atoms with E-state index in [1.54, 1.807) is 16.7 Å². The van der Waals surface area contributed by atoms with E-state index in [2.05, 4.69) is 59.4 Å². The second-order valence-corrected chi connectivity index (χ2v) is 9.46. The van der Waals surface area contributed by atoms with Gasteiger partial charge in [0, 0.05) is 34.6 Å². The van der Waals surface area contributed by atoms with Crippen molar-refractivity contribution in [1.29, 1.82) is 0 Å². The second-order valence-electron chi connectivity index (χ2n) is 7.38. The molecule has 2 rings (SSSR count). The van der Waals surface area contributed by atoms with E-state index in [9.17, 15) is 9.59 Å². The zero-order chi connectivity index (χ0) is 21.9. The van der Waals surface area contributed by atoms with Gasteiger partial charge in [0.1, 0.15) is 6.04 Å². The van der Waals surface area contributed by atoms with Crippen molar-refractivity contribution >= 4 is 39.5 Å². The van der Waals surface area contributed by atoms with E-state index in [0.717, 1.165) is 27.8 Å². The molecule has 1 atom stereocenters. The highest BCUT2D eigenvalue weighted by Gasteiger charge is 2.25. The molecule has 0 saturated heterocycles. The minimum absolute atomic E-state index is 0.00401. The first kappa shape index (κ1) is 24.5. The lowest BCUT2D eigenvalue weighted by atomic mass is 10.1. The third-order valence-electron chi connectivity index (χ3n) is 4.87. The maximum atomic E-state index is 13.1. The van der Waals surface area contributed by atoms with E-state index in [4.69, 9.17) is 0 Å². The molecule has 0 aromatic heterocycles. The molecule has 0 aliphatic rings. The molecule has 0 heterocycles. The molecule has 6 heteroatoms. The van der Waals surface area contributed by atoms with Crippen LogP contribution in [0, 0.1) is 6.92 Å². The van der Waals surface area contributed by atoms with Crippen molar-refractivity contribution in [3.8, 4) is 0 Å². The number of carbonyl (C=O) groups is 2. The van der Waals surface area contributed by atoms with Crippen LogP contribution in [0.25, 0.3) is 0 Å². The van der Waals surface area contributed by atoms with Crippen molar-refractivity contribution in [1.82, 2.24) is 10.2 Å². The molecule has 0 saturated carbocycles. The van der Waals surface area contributed by atoms with Crippen LogP contribution in [0.15, 0.2) is 57.9 Å². The van der Waals surface area contributed by atoms with Crippen LogP contribution >= 0.6 is 27.7 Å². The number of hydrogen-bond acceptors (Lipinski definition) is 3. The fourth-order valence-electron chi connectivity index (χ4n) is 2.94. The van der Waals surface area contributed by atoms with Gasteiger partial charge >= 0.3 is 0 Å². The number of hydrogen-bond donors (Lipinski definition) is 1. The summed E-state index contributed by atoms with van der Waals surface area (Å²) in [5.74, 6) is 0.582. The summed E-state index contributed by atoms with van der Waals surface area (Å²) >= 11 is 5.11. The second kappa shape index (κ2) is 12.8. The van der Waals surface area contributed by atoms with Crippen molar-refractivity contribution in [2.24, 2.45) is 0 Å². The van der Waals surface area contributed by atoms with Gasteiger partial charge in [-0.05, 0) is 50.1 Å². The molecule has 0 radical (unpaired) electrons. The molecule has 4 nitrogen and oxygen atoms in total. The van der Waals surface area contributed by atoms with Crippen LogP contribution in [0.3, 0.4) is 0 Å². The van der Waals surface area contributed by atoms with Crippen LogP contribution < -0.4 is 5.32 Å². The smallest absolute Gasteiger partial charge is 0.242 e. The summed E-state index contributed by atoms with van der Waals surface area (Å²) in [7, 11) is 0. The van der Waals surface area contributed by atoms with Crippen LogP contribution in [0.2, 0.25) is 0 Å². The number of halogens is 1. The molecule has 1 N–H and O–H groups in total. The molecule has 162 valence electrons. The Kier molecular flexibility index (Phi) is 10.4. The van der Waals surface area contributed by atoms with Crippen LogP contribution in [-0.4, -0.2) is 35.1 Å². The summed E-state index contributed by atoms with van der Waals surface area (Å²) in [6.45, 7) is 7.02. The summed E-state index contributed by atoms with van der Waals surface area (Å²) < 4.78 is 0.990. The molecule has 0 aliphatic carbocycles. The number of thioether (sulfide) groups is 1. The maximum Gasteiger partial charge on any atom is 0.242 e. The zero-order valence-electron chi connectivity index (χ0n) is 18.0. The van der Waals surface area contributed by atoms with Gasteiger partial charge < -0.3 is 10.2 Å². The molecule has 2 amide bonds. The van der Waals surface area contributed by atoms with Gasteiger partial charge in [-0.15, -0.1) is 11.8 Å². The Bertz CT molecular complexity index is 809. The Morgan fingerprint density at radius 2 is 1.77 bits per heavy atom. The maximum absolute atomic E-state index is 13.1. The third kappa shape index (κ3) is 8.15. The normalized spacial score (nSPS) is 11.7. The van der Waals surface area contributed by atoms with E-state index < -0.39 is 6.04 Å². The van der Waals surface area contributed by atoms with Gasteiger partial charge in [0.2, 0.25) is 11.8 Å². The van der Waals surface area contributed by atoms with Crippen LogP contribution in [0.4, 0.5) is 0 Å². The molecular weight excluding hydrogens is 460 g/mol. The fourth-order valence-corrected chi connectivity index (χ4v) is 4.04. The van der Waals surface area contributed by atoms with Crippen LogP contribution in [-0.2, 0) is 16.1 Å². The summed E-state index contributed by atoms with van der Waals surface area (Å²) in [5.41, 5.74) is 2.23. The first-order valence-corrected chi connectivity index (χ1v) is 12.2. The molecule has 0 bridgehead atoms. The number of nitrogens with zero attached hydrogens (tertiary/aromatic N) is 1. The molecule has 2 aromatic carbocycles.